The number of thiophene rings is 1. The number of benzene rings is 1. The second kappa shape index (κ2) is 7.94. The molecule has 0 radical (unpaired) electrons. The Labute approximate surface area is 131 Å². The highest BCUT2D eigenvalue weighted by molar-refractivity contribution is 7.12. The van der Waals surface area contributed by atoms with Crippen molar-refractivity contribution < 1.29 is 19.1 Å². The fourth-order valence-corrected chi connectivity index (χ4v) is 2.09. The van der Waals surface area contributed by atoms with Crippen LogP contribution in [-0.2, 0) is 9.53 Å². The van der Waals surface area contributed by atoms with Crippen LogP contribution in [0.3, 0.4) is 0 Å². The summed E-state index contributed by atoms with van der Waals surface area (Å²) in [4.78, 5) is 23.2. The van der Waals surface area contributed by atoms with E-state index in [1.807, 2.05) is 5.38 Å². The lowest BCUT2D eigenvalue weighted by Crippen LogP contribution is -2.16. The van der Waals surface area contributed by atoms with Crippen LogP contribution >= 0.6 is 11.3 Å². The van der Waals surface area contributed by atoms with E-state index in [1.165, 1.54) is 24.7 Å². The van der Waals surface area contributed by atoms with E-state index in [0.29, 0.717) is 10.6 Å². The largest absolute Gasteiger partial charge is 0.482 e. The van der Waals surface area contributed by atoms with E-state index in [0.717, 1.165) is 5.56 Å². The van der Waals surface area contributed by atoms with E-state index in [2.05, 4.69) is 15.3 Å². The number of esters is 1. The number of nitrogens with zero attached hydrogens (tertiary/aromatic N) is 1. The van der Waals surface area contributed by atoms with Crippen LogP contribution in [0.25, 0.3) is 0 Å². The molecule has 0 aliphatic carbocycles. The molecule has 0 spiro atoms. The van der Waals surface area contributed by atoms with Crippen molar-refractivity contribution in [2.24, 2.45) is 5.10 Å². The highest BCUT2D eigenvalue weighted by Gasteiger charge is 2.04. The van der Waals surface area contributed by atoms with Crippen molar-refractivity contribution in [3.8, 4) is 5.75 Å². The average Bonchev–Trinajstić information content (AvgIpc) is 3.08. The highest BCUT2D eigenvalue weighted by atomic mass is 32.1. The topological polar surface area (TPSA) is 77.0 Å². The summed E-state index contributed by atoms with van der Waals surface area (Å²) in [5, 5.41) is 5.71. The summed E-state index contributed by atoms with van der Waals surface area (Å²) >= 11 is 1.35. The van der Waals surface area contributed by atoms with Crippen LogP contribution in [0.2, 0.25) is 0 Å². The van der Waals surface area contributed by atoms with Crippen molar-refractivity contribution in [1.82, 2.24) is 5.43 Å². The fraction of sp³-hybridized carbons (Fsp3) is 0.133. The molecule has 2 aromatic rings. The number of nitrogens with one attached hydrogen (secondary N) is 1. The average molecular weight is 318 g/mol. The number of hydrogen-bond acceptors (Lipinski definition) is 6. The van der Waals surface area contributed by atoms with Crippen molar-refractivity contribution in [2.45, 2.75) is 0 Å². The summed E-state index contributed by atoms with van der Waals surface area (Å²) in [6, 6.07) is 10.4. The Hall–Kier alpha value is -2.67. The number of methoxy groups -OCH3 is 1. The van der Waals surface area contributed by atoms with E-state index < -0.39 is 5.97 Å². The number of rotatable bonds is 6. The lowest BCUT2D eigenvalue weighted by molar-refractivity contribution is -0.142. The van der Waals surface area contributed by atoms with Gasteiger partial charge in [0.15, 0.2) is 6.61 Å². The Morgan fingerprint density at radius 3 is 2.68 bits per heavy atom. The predicted octanol–water partition coefficient (Wildman–Crippen LogP) is 2.06. The zero-order chi connectivity index (χ0) is 15.8. The Kier molecular flexibility index (Phi) is 5.67. The molecule has 0 aliphatic heterocycles. The van der Waals surface area contributed by atoms with Gasteiger partial charge in [0.25, 0.3) is 5.91 Å². The Morgan fingerprint density at radius 2 is 2.05 bits per heavy atom. The maximum atomic E-state index is 11.6. The summed E-state index contributed by atoms with van der Waals surface area (Å²) < 4.78 is 9.70. The third kappa shape index (κ3) is 4.71. The van der Waals surface area contributed by atoms with Gasteiger partial charge >= 0.3 is 5.97 Å². The third-order valence-corrected chi connectivity index (χ3v) is 3.46. The zero-order valence-electron chi connectivity index (χ0n) is 11.8. The van der Waals surface area contributed by atoms with Gasteiger partial charge in [0, 0.05) is 0 Å². The van der Waals surface area contributed by atoms with Gasteiger partial charge in [-0.05, 0) is 41.3 Å². The smallest absolute Gasteiger partial charge is 0.343 e. The van der Waals surface area contributed by atoms with Crippen molar-refractivity contribution in [3.05, 3.63) is 52.2 Å². The summed E-state index contributed by atoms with van der Waals surface area (Å²) in [5.41, 5.74) is 3.23. The van der Waals surface area contributed by atoms with Gasteiger partial charge in [0.1, 0.15) is 5.75 Å². The standard InChI is InChI=1S/C15H14N2O4S/c1-20-14(18)10-21-12-6-4-11(5-7-12)9-16-17-15(19)13-3-2-8-22-13/h2-9H,10H2,1H3,(H,17,19)/b16-9+. The summed E-state index contributed by atoms with van der Waals surface area (Å²) in [6.45, 7) is -0.138. The molecule has 1 N–H and O–H groups in total. The maximum absolute atomic E-state index is 11.6. The molecule has 6 nitrogen and oxygen atoms in total. The molecule has 0 aliphatic rings. The van der Waals surface area contributed by atoms with Crippen LogP contribution in [0, 0.1) is 0 Å². The molecular weight excluding hydrogens is 304 g/mol. The van der Waals surface area contributed by atoms with Crippen molar-refractivity contribution in [3.63, 3.8) is 0 Å². The first-order valence-corrected chi connectivity index (χ1v) is 7.23. The van der Waals surface area contributed by atoms with Crippen LogP contribution in [0.1, 0.15) is 15.2 Å². The third-order valence-electron chi connectivity index (χ3n) is 2.59. The van der Waals surface area contributed by atoms with Gasteiger partial charge in [-0.15, -0.1) is 11.3 Å². The number of hydrazone groups is 1. The predicted molar refractivity (Wildman–Crippen MR) is 83.3 cm³/mol. The Bertz CT molecular complexity index is 651. The Morgan fingerprint density at radius 1 is 1.27 bits per heavy atom. The van der Waals surface area contributed by atoms with Gasteiger partial charge in [-0.25, -0.2) is 10.2 Å². The second-order valence-corrected chi connectivity index (χ2v) is 5.06. The molecule has 0 saturated heterocycles. The molecule has 0 fully saturated rings. The number of amides is 1. The van der Waals surface area contributed by atoms with Crippen molar-refractivity contribution in [1.29, 1.82) is 0 Å². The van der Waals surface area contributed by atoms with Crippen molar-refractivity contribution in [2.75, 3.05) is 13.7 Å². The number of carbonyl (C=O) groups is 2. The molecule has 0 atom stereocenters. The van der Waals surface area contributed by atoms with Crippen LogP contribution in [-0.4, -0.2) is 31.8 Å². The van der Waals surface area contributed by atoms with Gasteiger partial charge in [-0.1, -0.05) is 6.07 Å². The highest BCUT2D eigenvalue weighted by Crippen LogP contribution is 2.11. The first-order valence-electron chi connectivity index (χ1n) is 6.35. The molecule has 22 heavy (non-hydrogen) atoms. The lowest BCUT2D eigenvalue weighted by Gasteiger charge is -2.04. The summed E-state index contributed by atoms with van der Waals surface area (Å²) in [7, 11) is 1.30. The number of hydrogen-bond donors (Lipinski definition) is 1. The van der Waals surface area contributed by atoms with E-state index in [9.17, 15) is 9.59 Å². The molecule has 1 aromatic heterocycles. The van der Waals surface area contributed by atoms with Gasteiger partial charge in [-0.3, -0.25) is 4.79 Å². The normalized spacial score (nSPS) is 10.4. The summed E-state index contributed by atoms with van der Waals surface area (Å²) in [6.07, 6.45) is 1.52. The van der Waals surface area contributed by atoms with Gasteiger partial charge in [-0.2, -0.15) is 5.10 Å². The van der Waals surface area contributed by atoms with Gasteiger partial charge < -0.3 is 9.47 Å². The van der Waals surface area contributed by atoms with Crippen LogP contribution in [0.15, 0.2) is 46.9 Å². The minimum Gasteiger partial charge on any atom is -0.482 e. The molecule has 0 bridgehead atoms. The minimum absolute atomic E-state index is 0.138. The first kappa shape index (κ1) is 15.7. The quantitative estimate of drug-likeness (QED) is 0.502. The molecule has 114 valence electrons. The molecular formula is C15H14N2O4S. The molecule has 0 unspecified atom stereocenters. The summed E-state index contributed by atoms with van der Waals surface area (Å²) in [5.74, 6) is -0.142. The zero-order valence-corrected chi connectivity index (χ0v) is 12.6. The minimum atomic E-state index is -0.443. The number of carbonyl (C=O) groups excluding carboxylic acids is 2. The van der Waals surface area contributed by atoms with E-state index in [-0.39, 0.29) is 12.5 Å². The maximum Gasteiger partial charge on any atom is 0.343 e. The second-order valence-electron chi connectivity index (χ2n) is 4.11. The van der Waals surface area contributed by atoms with E-state index in [1.54, 1.807) is 36.4 Å². The van der Waals surface area contributed by atoms with Crippen molar-refractivity contribution >= 4 is 29.4 Å². The fourth-order valence-electron chi connectivity index (χ4n) is 1.48. The SMILES string of the molecule is COC(=O)COc1ccc(/C=N/NC(=O)c2cccs2)cc1. The van der Waals surface area contributed by atoms with Crippen LogP contribution in [0.4, 0.5) is 0 Å². The van der Waals surface area contributed by atoms with E-state index >= 15 is 0 Å². The number of ether oxygens (including phenoxy) is 2. The van der Waals surface area contributed by atoms with E-state index in [4.69, 9.17) is 4.74 Å². The molecule has 1 heterocycles. The lowest BCUT2D eigenvalue weighted by atomic mass is 10.2. The molecule has 1 amide bonds. The first-order chi connectivity index (χ1) is 10.7. The van der Waals surface area contributed by atoms with Gasteiger partial charge in [0.2, 0.25) is 0 Å². The van der Waals surface area contributed by atoms with Gasteiger partial charge in [0.05, 0.1) is 18.2 Å². The van der Waals surface area contributed by atoms with Crippen LogP contribution < -0.4 is 10.2 Å². The Balaban J connectivity index is 1.84. The molecule has 2 rings (SSSR count). The molecule has 0 saturated carbocycles. The molecule has 7 heteroatoms. The molecule has 1 aromatic carbocycles. The monoisotopic (exact) mass is 318 g/mol. The van der Waals surface area contributed by atoms with Crippen LogP contribution in [0.5, 0.6) is 5.75 Å².